The molecule has 0 aliphatic heterocycles. The second-order valence-corrected chi connectivity index (χ2v) is 4.86. The van der Waals surface area contributed by atoms with Crippen molar-refractivity contribution in [3.8, 4) is 6.07 Å². The van der Waals surface area contributed by atoms with Crippen LogP contribution in [-0.2, 0) is 0 Å². The van der Waals surface area contributed by atoms with Crippen molar-refractivity contribution in [1.29, 1.82) is 5.26 Å². The first-order valence-electron chi connectivity index (χ1n) is 4.34. The van der Waals surface area contributed by atoms with Gasteiger partial charge in [-0.25, -0.2) is 0 Å². The topological polar surface area (TPSA) is 23.8 Å². The van der Waals surface area contributed by atoms with Gasteiger partial charge >= 0.3 is 0 Å². The monoisotopic (exact) mass is 351 g/mol. The van der Waals surface area contributed by atoms with Crippen LogP contribution in [0.1, 0.15) is 18.9 Å². The largest absolute Gasteiger partial charge is 0.193 e. The number of benzene rings is 1. The third-order valence-corrected chi connectivity index (χ3v) is 3.53. The molecule has 0 fully saturated rings. The average Bonchev–Trinajstić information content (AvgIpc) is 2.23. The van der Waals surface area contributed by atoms with Crippen molar-refractivity contribution in [2.75, 3.05) is 0 Å². The molecule has 0 amide bonds. The molecule has 0 saturated heterocycles. The van der Waals surface area contributed by atoms with Gasteiger partial charge in [-0.15, -0.1) is 0 Å². The number of nitriles is 1. The predicted molar refractivity (Wildman–Crippen MR) is 72.8 cm³/mol. The third-order valence-electron chi connectivity index (χ3n) is 1.92. The minimum atomic E-state index is 0.493. The summed E-state index contributed by atoms with van der Waals surface area (Å²) in [4.78, 5) is 0. The molecule has 0 saturated carbocycles. The van der Waals surface area contributed by atoms with Crippen LogP contribution >= 0.6 is 45.8 Å². The molecule has 0 aliphatic carbocycles. The van der Waals surface area contributed by atoms with Crippen LogP contribution in [0.3, 0.4) is 0 Å². The molecule has 0 radical (unpaired) electrons. The molecule has 0 unspecified atom stereocenters. The van der Waals surface area contributed by atoms with Crippen molar-refractivity contribution in [2.45, 2.75) is 13.3 Å². The van der Waals surface area contributed by atoms with Gasteiger partial charge in [0.25, 0.3) is 0 Å². The first-order valence-corrected chi connectivity index (χ1v) is 6.17. The van der Waals surface area contributed by atoms with Crippen molar-refractivity contribution >= 4 is 50.8 Å². The van der Waals surface area contributed by atoms with Crippen molar-refractivity contribution in [2.24, 2.45) is 0 Å². The fourth-order valence-electron chi connectivity index (χ4n) is 1.11. The lowest BCUT2D eigenvalue weighted by Crippen LogP contribution is -1.88. The molecule has 4 heteroatoms. The lowest BCUT2D eigenvalue weighted by Gasteiger charge is -2.05. The van der Waals surface area contributed by atoms with Crippen molar-refractivity contribution < 1.29 is 0 Å². The van der Waals surface area contributed by atoms with Gasteiger partial charge in [0.15, 0.2) is 0 Å². The molecule has 1 nitrogen and oxygen atoms in total. The van der Waals surface area contributed by atoms with Gasteiger partial charge in [0.2, 0.25) is 0 Å². The van der Waals surface area contributed by atoms with E-state index in [1.165, 1.54) is 0 Å². The second kappa shape index (κ2) is 5.74. The molecular formula is C11H8Cl2IN. The maximum atomic E-state index is 8.89. The van der Waals surface area contributed by atoms with Crippen LogP contribution in [0.5, 0.6) is 0 Å². The highest BCUT2D eigenvalue weighted by molar-refractivity contribution is 14.1. The van der Waals surface area contributed by atoms with Crippen LogP contribution in [0.15, 0.2) is 23.8 Å². The fraction of sp³-hybridized carbons (Fsp3) is 0.182. The molecule has 0 aromatic heterocycles. The highest BCUT2D eigenvalue weighted by Crippen LogP contribution is 2.30. The molecule has 0 N–H and O–H groups in total. The van der Waals surface area contributed by atoms with E-state index >= 15 is 0 Å². The van der Waals surface area contributed by atoms with E-state index in [1.807, 2.05) is 13.0 Å². The van der Waals surface area contributed by atoms with E-state index in [1.54, 1.807) is 12.1 Å². The van der Waals surface area contributed by atoms with Gasteiger partial charge in [-0.05, 0) is 47.2 Å². The lowest BCUT2D eigenvalue weighted by atomic mass is 10.1. The van der Waals surface area contributed by atoms with E-state index in [-0.39, 0.29) is 0 Å². The van der Waals surface area contributed by atoms with E-state index in [2.05, 4.69) is 28.7 Å². The van der Waals surface area contributed by atoms with Crippen LogP contribution < -0.4 is 0 Å². The number of nitrogens with zero attached hydrogens (tertiary/aromatic N) is 1. The van der Waals surface area contributed by atoms with Gasteiger partial charge in [0, 0.05) is 19.7 Å². The van der Waals surface area contributed by atoms with Crippen LogP contribution in [0, 0.1) is 14.9 Å². The number of hydrogen-bond acceptors (Lipinski definition) is 1. The number of rotatable bonds is 2. The Morgan fingerprint density at radius 2 is 2.20 bits per heavy atom. The Kier molecular flexibility index (Phi) is 4.91. The smallest absolute Gasteiger partial charge is 0.0962 e. The summed E-state index contributed by atoms with van der Waals surface area (Å²) in [5.74, 6) is 0. The molecule has 1 aromatic rings. The summed E-state index contributed by atoms with van der Waals surface area (Å²) in [5, 5.41) is 10.0. The van der Waals surface area contributed by atoms with E-state index < -0.39 is 0 Å². The quantitative estimate of drug-likeness (QED) is 0.553. The second-order valence-electron chi connectivity index (χ2n) is 2.88. The SMILES string of the molecule is CC/C(C#N)=C(/Cl)c1cc(Cl)ccc1I. The summed E-state index contributed by atoms with van der Waals surface area (Å²) >= 11 is 14.2. The maximum absolute atomic E-state index is 8.89. The Bertz CT molecular complexity index is 446. The standard InChI is InChI=1S/C11H8Cl2IN/c1-2-7(6-15)11(13)9-5-8(12)3-4-10(9)14/h3-5H,2H2,1H3/b11-7-. The van der Waals surface area contributed by atoms with Crippen molar-refractivity contribution in [1.82, 2.24) is 0 Å². The molecule has 1 aromatic carbocycles. The summed E-state index contributed by atoms with van der Waals surface area (Å²) in [7, 11) is 0. The summed E-state index contributed by atoms with van der Waals surface area (Å²) in [6.45, 7) is 1.90. The highest BCUT2D eigenvalue weighted by Gasteiger charge is 2.09. The van der Waals surface area contributed by atoms with Crippen LogP contribution in [0.4, 0.5) is 0 Å². The normalized spacial score (nSPS) is 11.9. The van der Waals surface area contributed by atoms with Gasteiger partial charge in [0.05, 0.1) is 11.1 Å². The average molecular weight is 352 g/mol. The first kappa shape index (κ1) is 12.8. The number of allylic oxidation sites excluding steroid dienone is 1. The molecule has 78 valence electrons. The zero-order valence-corrected chi connectivity index (χ0v) is 11.7. The lowest BCUT2D eigenvalue weighted by molar-refractivity contribution is 1.16. The highest BCUT2D eigenvalue weighted by atomic mass is 127. The molecular weight excluding hydrogens is 344 g/mol. The van der Waals surface area contributed by atoms with Crippen molar-refractivity contribution in [3.63, 3.8) is 0 Å². The van der Waals surface area contributed by atoms with Crippen LogP contribution in [0.25, 0.3) is 5.03 Å². The Morgan fingerprint density at radius 1 is 1.53 bits per heavy atom. The minimum absolute atomic E-state index is 0.493. The first-order chi connectivity index (χ1) is 7.10. The van der Waals surface area contributed by atoms with E-state index in [0.717, 1.165) is 9.13 Å². The zero-order valence-electron chi connectivity index (χ0n) is 8.02. The number of halogens is 3. The predicted octanol–water partition coefficient (Wildman–Crippen LogP) is 4.83. The zero-order chi connectivity index (χ0) is 11.4. The molecule has 0 spiro atoms. The van der Waals surface area contributed by atoms with Gasteiger partial charge in [-0.3, -0.25) is 0 Å². The molecule has 15 heavy (non-hydrogen) atoms. The Hall–Kier alpha value is -0.240. The molecule has 0 heterocycles. The summed E-state index contributed by atoms with van der Waals surface area (Å²) in [6.07, 6.45) is 0.623. The summed E-state index contributed by atoms with van der Waals surface area (Å²) in [6, 6.07) is 7.56. The summed E-state index contributed by atoms with van der Waals surface area (Å²) in [5.41, 5.74) is 1.40. The molecule has 0 aliphatic rings. The van der Waals surface area contributed by atoms with Crippen molar-refractivity contribution in [3.05, 3.63) is 37.9 Å². The molecule has 0 bridgehead atoms. The molecule has 0 atom stereocenters. The summed E-state index contributed by atoms with van der Waals surface area (Å²) < 4.78 is 0.989. The van der Waals surface area contributed by atoms with E-state index in [9.17, 15) is 0 Å². The fourth-order valence-corrected chi connectivity index (χ4v) is 2.38. The van der Waals surface area contributed by atoms with Crippen LogP contribution in [0.2, 0.25) is 5.02 Å². The van der Waals surface area contributed by atoms with Crippen LogP contribution in [-0.4, -0.2) is 0 Å². The molecule has 1 rings (SSSR count). The third kappa shape index (κ3) is 3.10. The van der Waals surface area contributed by atoms with Gasteiger partial charge < -0.3 is 0 Å². The van der Waals surface area contributed by atoms with E-state index in [4.69, 9.17) is 28.5 Å². The maximum Gasteiger partial charge on any atom is 0.0962 e. The minimum Gasteiger partial charge on any atom is -0.193 e. The van der Waals surface area contributed by atoms with Gasteiger partial charge in [-0.2, -0.15) is 5.26 Å². The van der Waals surface area contributed by atoms with Gasteiger partial charge in [-0.1, -0.05) is 30.1 Å². The Balaban J connectivity index is 3.34. The Labute approximate surface area is 113 Å². The van der Waals surface area contributed by atoms with Gasteiger partial charge in [0.1, 0.15) is 0 Å². The number of hydrogen-bond donors (Lipinski definition) is 0. The Morgan fingerprint density at radius 3 is 2.73 bits per heavy atom. The van der Waals surface area contributed by atoms with E-state index in [0.29, 0.717) is 22.0 Å².